The molecule has 1 aromatic heterocycles. The van der Waals surface area contributed by atoms with Gasteiger partial charge in [-0.1, -0.05) is 42.5 Å². The zero-order chi connectivity index (χ0) is 25.0. The molecule has 0 unspecified atom stereocenters. The second-order valence-corrected chi connectivity index (χ2v) is 9.59. The molecular formula is C26H24N4O4S. The van der Waals surface area contributed by atoms with Crippen molar-refractivity contribution in [3.63, 3.8) is 0 Å². The van der Waals surface area contributed by atoms with Crippen LogP contribution >= 0.6 is 0 Å². The van der Waals surface area contributed by atoms with E-state index in [0.29, 0.717) is 17.1 Å². The highest BCUT2D eigenvalue weighted by molar-refractivity contribution is 7.92. The number of amides is 1. The van der Waals surface area contributed by atoms with Crippen molar-refractivity contribution >= 4 is 27.6 Å². The summed E-state index contributed by atoms with van der Waals surface area (Å²) < 4.78 is 34.7. The van der Waals surface area contributed by atoms with Gasteiger partial charge in [-0.25, -0.2) is 18.1 Å². The third-order valence-corrected chi connectivity index (χ3v) is 6.42. The number of ether oxygens (including phenoxy) is 1. The van der Waals surface area contributed by atoms with Crippen LogP contribution in [-0.2, 0) is 14.8 Å². The average Bonchev–Trinajstić information content (AvgIpc) is 2.79. The number of aryl methyl sites for hydroxylation is 2. The lowest BCUT2D eigenvalue weighted by atomic mass is 10.00. The molecule has 35 heavy (non-hydrogen) atoms. The summed E-state index contributed by atoms with van der Waals surface area (Å²) in [7, 11) is -4.06. The number of carbonyl (C=O) groups excluding carboxylic acids is 1. The lowest BCUT2D eigenvalue weighted by Crippen LogP contribution is -2.16. The highest BCUT2D eigenvalue weighted by Crippen LogP contribution is 2.31. The molecular weight excluding hydrogens is 464 g/mol. The highest BCUT2D eigenvalue weighted by Gasteiger charge is 2.19. The minimum atomic E-state index is -4.06. The van der Waals surface area contributed by atoms with E-state index >= 15 is 0 Å². The first-order valence-electron chi connectivity index (χ1n) is 10.8. The van der Waals surface area contributed by atoms with E-state index in [1.807, 2.05) is 50.2 Å². The summed E-state index contributed by atoms with van der Waals surface area (Å²) in [6, 6.07) is 22.5. The summed E-state index contributed by atoms with van der Waals surface area (Å²) >= 11 is 0. The standard InChI is InChI=1S/C26H24N4O4S/c1-17-9-7-10-18(2)25(17)23-16-24(34-21-12-5-4-6-13-21)29-26(28-23)30-35(32,33)22-14-8-11-20(15-22)27-19(3)31/h4-16H,1-3H3,(H,27,31)(H,28,29,30). The van der Waals surface area contributed by atoms with E-state index in [2.05, 4.69) is 20.0 Å². The number of hydrogen-bond donors (Lipinski definition) is 2. The van der Waals surface area contributed by atoms with Crippen molar-refractivity contribution in [3.8, 4) is 22.9 Å². The number of rotatable bonds is 7. The first kappa shape index (κ1) is 23.9. The zero-order valence-corrected chi connectivity index (χ0v) is 20.3. The quantitative estimate of drug-likeness (QED) is 0.365. The second-order valence-electron chi connectivity index (χ2n) is 7.91. The maximum absolute atomic E-state index is 13.1. The molecule has 0 radical (unpaired) electrons. The molecule has 9 heteroatoms. The molecule has 0 saturated carbocycles. The zero-order valence-electron chi connectivity index (χ0n) is 19.4. The fraction of sp³-hybridized carbons (Fsp3) is 0.115. The third-order valence-electron chi connectivity index (χ3n) is 5.10. The van der Waals surface area contributed by atoms with Crippen LogP contribution in [0.4, 0.5) is 11.6 Å². The van der Waals surface area contributed by atoms with E-state index < -0.39 is 10.0 Å². The maximum atomic E-state index is 13.1. The van der Waals surface area contributed by atoms with Gasteiger partial charge in [0.15, 0.2) is 0 Å². The Balaban J connectivity index is 1.76. The molecule has 0 fully saturated rings. The molecule has 3 aromatic carbocycles. The molecule has 0 atom stereocenters. The highest BCUT2D eigenvalue weighted by atomic mass is 32.2. The number of hydrogen-bond acceptors (Lipinski definition) is 6. The first-order valence-corrected chi connectivity index (χ1v) is 12.3. The van der Waals surface area contributed by atoms with E-state index in [4.69, 9.17) is 4.74 Å². The molecule has 4 rings (SSSR count). The molecule has 2 N–H and O–H groups in total. The number of benzene rings is 3. The molecule has 0 aliphatic heterocycles. The van der Waals surface area contributed by atoms with Crippen molar-refractivity contribution in [2.45, 2.75) is 25.7 Å². The van der Waals surface area contributed by atoms with Crippen LogP contribution in [0.5, 0.6) is 11.6 Å². The topological polar surface area (TPSA) is 110 Å². The summed E-state index contributed by atoms with van der Waals surface area (Å²) in [4.78, 5) is 20.1. The van der Waals surface area contributed by atoms with Crippen LogP contribution < -0.4 is 14.8 Å². The first-order chi connectivity index (χ1) is 16.7. The largest absolute Gasteiger partial charge is 0.439 e. The van der Waals surface area contributed by atoms with Crippen LogP contribution in [0.25, 0.3) is 11.3 Å². The van der Waals surface area contributed by atoms with Gasteiger partial charge in [-0.15, -0.1) is 0 Å². The number of nitrogens with one attached hydrogen (secondary N) is 2. The predicted octanol–water partition coefficient (Wildman–Crippen LogP) is 5.31. The fourth-order valence-corrected chi connectivity index (χ4v) is 4.59. The molecule has 0 saturated heterocycles. The van der Waals surface area contributed by atoms with Gasteiger partial charge >= 0.3 is 0 Å². The minimum absolute atomic E-state index is 0.0460. The lowest BCUT2D eigenvalue weighted by molar-refractivity contribution is -0.114. The molecule has 178 valence electrons. The van der Waals surface area contributed by atoms with Crippen LogP contribution in [0.2, 0.25) is 0 Å². The number of carbonyl (C=O) groups is 1. The van der Waals surface area contributed by atoms with Crippen LogP contribution in [0.15, 0.2) is 83.8 Å². The summed E-state index contributed by atoms with van der Waals surface area (Å²) in [6.07, 6.45) is 0. The summed E-state index contributed by atoms with van der Waals surface area (Å²) in [5, 5.41) is 2.58. The molecule has 4 aromatic rings. The van der Waals surface area contributed by atoms with Crippen LogP contribution in [0, 0.1) is 13.8 Å². The van der Waals surface area contributed by atoms with E-state index in [1.165, 1.54) is 25.1 Å². The van der Waals surface area contributed by atoms with Crippen molar-refractivity contribution < 1.29 is 17.9 Å². The van der Waals surface area contributed by atoms with Gasteiger partial charge in [0.1, 0.15) is 5.75 Å². The molecule has 1 amide bonds. The van der Waals surface area contributed by atoms with Crippen molar-refractivity contribution in [3.05, 3.63) is 90.0 Å². The Bertz CT molecular complexity index is 1470. The third kappa shape index (κ3) is 5.82. The van der Waals surface area contributed by atoms with Crippen LogP contribution in [-0.4, -0.2) is 24.3 Å². The second kappa shape index (κ2) is 9.94. The van der Waals surface area contributed by atoms with Crippen molar-refractivity contribution in [1.29, 1.82) is 0 Å². The Morgan fingerprint density at radius 2 is 1.54 bits per heavy atom. The van der Waals surface area contributed by atoms with E-state index in [-0.39, 0.29) is 22.6 Å². The fourth-order valence-electron chi connectivity index (χ4n) is 3.60. The van der Waals surface area contributed by atoms with Gasteiger partial charge < -0.3 is 10.1 Å². The number of aromatic nitrogens is 2. The maximum Gasteiger partial charge on any atom is 0.264 e. The van der Waals surface area contributed by atoms with Crippen molar-refractivity contribution in [2.24, 2.45) is 0 Å². The Hall–Kier alpha value is -4.24. The van der Waals surface area contributed by atoms with Gasteiger partial charge in [-0.3, -0.25) is 4.79 Å². The van der Waals surface area contributed by atoms with Crippen molar-refractivity contribution in [1.82, 2.24) is 9.97 Å². The minimum Gasteiger partial charge on any atom is -0.439 e. The Morgan fingerprint density at radius 3 is 2.23 bits per heavy atom. The van der Waals surface area contributed by atoms with Crippen LogP contribution in [0.1, 0.15) is 18.1 Å². The average molecular weight is 489 g/mol. The van der Waals surface area contributed by atoms with E-state index in [9.17, 15) is 13.2 Å². The Morgan fingerprint density at radius 1 is 0.857 bits per heavy atom. The molecule has 0 spiro atoms. The molecule has 1 heterocycles. The number of sulfonamides is 1. The van der Waals surface area contributed by atoms with E-state index in [0.717, 1.165) is 16.7 Å². The number of anilines is 2. The van der Waals surface area contributed by atoms with Crippen LogP contribution in [0.3, 0.4) is 0 Å². The molecule has 8 nitrogen and oxygen atoms in total. The molecule has 0 bridgehead atoms. The van der Waals surface area contributed by atoms with Gasteiger partial charge in [0, 0.05) is 24.2 Å². The number of para-hydroxylation sites is 1. The number of nitrogens with zero attached hydrogens (tertiary/aromatic N) is 2. The smallest absolute Gasteiger partial charge is 0.264 e. The SMILES string of the molecule is CC(=O)Nc1cccc(S(=O)(=O)Nc2nc(Oc3ccccc3)cc(-c3c(C)cccc3C)n2)c1. The van der Waals surface area contributed by atoms with Gasteiger partial charge in [0.25, 0.3) is 10.0 Å². The summed E-state index contributed by atoms with van der Waals surface area (Å²) in [5.41, 5.74) is 3.70. The summed E-state index contributed by atoms with van der Waals surface area (Å²) in [5.74, 6) is 0.296. The van der Waals surface area contributed by atoms with E-state index in [1.54, 1.807) is 24.3 Å². The van der Waals surface area contributed by atoms with Gasteiger partial charge in [-0.05, 0) is 55.3 Å². The Kier molecular flexibility index (Phi) is 6.79. The van der Waals surface area contributed by atoms with Gasteiger partial charge in [0.2, 0.25) is 17.7 Å². The van der Waals surface area contributed by atoms with Crippen molar-refractivity contribution in [2.75, 3.05) is 10.0 Å². The lowest BCUT2D eigenvalue weighted by Gasteiger charge is -2.14. The monoisotopic (exact) mass is 488 g/mol. The van der Waals surface area contributed by atoms with Gasteiger partial charge in [-0.2, -0.15) is 4.98 Å². The Labute approximate surface area is 204 Å². The summed E-state index contributed by atoms with van der Waals surface area (Å²) in [6.45, 7) is 5.26. The normalized spacial score (nSPS) is 11.1. The van der Waals surface area contributed by atoms with Gasteiger partial charge in [0.05, 0.1) is 10.6 Å². The molecule has 0 aliphatic rings. The predicted molar refractivity (Wildman–Crippen MR) is 135 cm³/mol. The molecule has 0 aliphatic carbocycles.